The zero-order valence-corrected chi connectivity index (χ0v) is 28.9. The number of methoxy groups -OCH3 is 1. The third kappa shape index (κ3) is 10.5. The maximum Gasteiger partial charge on any atom is 0.408 e. The van der Waals surface area contributed by atoms with E-state index in [0.29, 0.717) is 30.8 Å². The number of amides is 4. The molecule has 2 heterocycles. The summed E-state index contributed by atoms with van der Waals surface area (Å²) in [4.78, 5) is 71.9. The van der Waals surface area contributed by atoms with Crippen molar-refractivity contribution in [3.8, 4) is 0 Å². The van der Waals surface area contributed by atoms with Crippen LogP contribution in [0.5, 0.6) is 0 Å². The molecule has 4 amide bonds. The maximum atomic E-state index is 14.1. The molecule has 0 radical (unpaired) electrons. The van der Waals surface area contributed by atoms with Gasteiger partial charge in [0.05, 0.1) is 19.3 Å². The van der Waals surface area contributed by atoms with Gasteiger partial charge in [0.2, 0.25) is 17.7 Å². The summed E-state index contributed by atoms with van der Waals surface area (Å²) in [5.41, 5.74) is 0.161. The highest BCUT2D eigenvalue weighted by Gasteiger charge is 2.39. The zero-order valence-electron chi connectivity index (χ0n) is 28.1. The minimum atomic E-state index is -1.43. The van der Waals surface area contributed by atoms with E-state index in [2.05, 4.69) is 20.9 Å². The molecule has 13 nitrogen and oxygen atoms in total. The van der Waals surface area contributed by atoms with Gasteiger partial charge < -0.3 is 35.4 Å². The topological polar surface area (TPSA) is 176 Å². The fourth-order valence-corrected chi connectivity index (χ4v) is 6.16. The van der Waals surface area contributed by atoms with Crippen molar-refractivity contribution in [2.24, 2.45) is 5.92 Å². The monoisotopic (exact) mass is 673 g/mol. The van der Waals surface area contributed by atoms with Gasteiger partial charge in [-0.15, -0.1) is 11.3 Å². The molecule has 1 aromatic carbocycles. The number of aromatic nitrogens is 1. The van der Waals surface area contributed by atoms with Gasteiger partial charge in [0, 0.05) is 18.3 Å². The fraction of sp³-hybridized carbons (Fsp3) is 0.576. The van der Waals surface area contributed by atoms with E-state index >= 15 is 0 Å². The van der Waals surface area contributed by atoms with E-state index in [9.17, 15) is 29.1 Å². The summed E-state index contributed by atoms with van der Waals surface area (Å²) in [6, 6.07) is 5.24. The van der Waals surface area contributed by atoms with Gasteiger partial charge in [-0.05, 0) is 52.0 Å². The average Bonchev–Trinajstić information content (AvgIpc) is 3.70. The summed E-state index contributed by atoms with van der Waals surface area (Å²) >= 11 is 1.26. The lowest BCUT2D eigenvalue weighted by molar-refractivity contribution is -0.139. The summed E-state index contributed by atoms with van der Waals surface area (Å²) in [6.07, 6.45) is -0.121. The Labute approximate surface area is 279 Å². The van der Waals surface area contributed by atoms with E-state index in [1.54, 1.807) is 38.0 Å². The van der Waals surface area contributed by atoms with Gasteiger partial charge in [-0.2, -0.15) is 0 Å². The first kappa shape index (κ1) is 37.4. The molecule has 0 saturated carbocycles. The summed E-state index contributed by atoms with van der Waals surface area (Å²) in [7, 11) is 1.27. The minimum Gasteiger partial charge on any atom is -0.464 e. The summed E-state index contributed by atoms with van der Waals surface area (Å²) in [6.45, 7) is 10.5. The Morgan fingerprint density at radius 3 is 2.30 bits per heavy atom. The van der Waals surface area contributed by atoms with Crippen molar-refractivity contribution in [2.75, 3.05) is 13.7 Å². The van der Waals surface area contributed by atoms with Crippen LogP contribution in [-0.4, -0.2) is 88.3 Å². The summed E-state index contributed by atoms with van der Waals surface area (Å²) < 4.78 is 10.1. The molecular weight excluding hydrogens is 626 g/mol. The normalized spacial score (nSPS) is 17.9. The number of thiazole rings is 1. The Balaban J connectivity index is 1.84. The van der Waals surface area contributed by atoms with Crippen molar-refractivity contribution in [2.45, 2.75) is 103 Å². The van der Waals surface area contributed by atoms with Gasteiger partial charge in [0.15, 0.2) is 5.69 Å². The van der Waals surface area contributed by atoms with E-state index < -0.39 is 59.7 Å². The molecule has 0 unspecified atom stereocenters. The summed E-state index contributed by atoms with van der Waals surface area (Å²) in [5.74, 6) is -2.70. The third-order valence-electron chi connectivity index (χ3n) is 7.86. The van der Waals surface area contributed by atoms with E-state index in [1.165, 1.54) is 25.4 Å². The first-order valence-electron chi connectivity index (χ1n) is 15.8. The third-order valence-corrected chi connectivity index (χ3v) is 8.81. The number of hydrogen-bond donors (Lipinski definition) is 4. The van der Waals surface area contributed by atoms with Crippen LogP contribution in [0.2, 0.25) is 0 Å². The number of hydrogen-bond acceptors (Lipinski definition) is 10. The van der Waals surface area contributed by atoms with E-state index in [4.69, 9.17) is 9.47 Å². The van der Waals surface area contributed by atoms with Crippen LogP contribution in [0.4, 0.5) is 4.79 Å². The molecule has 1 aliphatic rings. The van der Waals surface area contributed by atoms with E-state index in [-0.39, 0.29) is 23.9 Å². The Hall–Kier alpha value is -4.04. The first-order valence-corrected chi connectivity index (χ1v) is 16.7. The molecule has 1 fully saturated rings. The molecular formula is C33H47N5O8S. The number of esters is 1. The van der Waals surface area contributed by atoms with Gasteiger partial charge in [-0.25, -0.2) is 14.6 Å². The molecule has 0 spiro atoms. The number of nitrogens with one attached hydrogen (secondary N) is 3. The van der Waals surface area contributed by atoms with Crippen LogP contribution in [0.3, 0.4) is 0 Å². The molecule has 3 rings (SSSR count). The number of likely N-dealkylation sites (tertiary alicyclic amines) is 1. The second kappa shape index (κ2) is 16.7. The standard InChI is InChI=1S/C33H47N5O8S/c1-8-19(2)25(37-32(44)46-33(4,5)6)27(40)36-26(20(3)39)28(41)34-22(17-21-13-10-9-11-14-21)30(42)38-16-12-15-24(38)29-35-23(18-47-29)31(43)45-7/h9-11,13-14,18-20,22,24-26,39H,8,12,15-17H2,1-7H3,(H,34,41)(H,36,40)(H,37,44)/t19-,20-,22-,24+,25-,26-/m0/s1. The van der Waals surface area contributed by atoms with Crippen LogP contribution >= 0.6 is 11.3 Å². The number of nitrogens with zero attached hydrogens (tertiary/aromatic N) is 2. The number of aliphatic hydroxyl groups is 1. The highest BCUT2D eigenvalue weighted by Crippen LogP contribution is 2.34. The molecule has 258 valence electrons. The predicted octanol–water partition coefficient (Wildman–Crippen LogP) is 3.13. The Morgan fingerprint density at radius 2 is 1.70 bits per heavy atom. The number of ether oxygens (including phenoxy) is 2. The van der Waals surface area contributed by atoms with E-state index in [1.807, 2.05) is 37.3 Å². The number of benzene rings is 1. The molecule has 2 aromatic rings. The first-order chi connectivity index (χ1) is 22.1. The van der Waals surface area contributed by atoms with Gasteiger partial charge in [-0.1, -0.05) is 50.6 Å². The lowest BCUT2D eigenvalue weighted by atomic mass is 9.97. The molecule has 4 N–H and O–H groups in total. The summed E-state index contributed by atoms with van der Waals surface area (Å²) in [5, 5.41) is 20.8. The van der Waals surface area contributed by atoms with Crippen LogP contribution in [0.15, 0.2) is 35.7 Å². The predicted molar refractivity (Wildman–Crippen MR) is 175 cm³/mol. The van der Waals surface area contributed by atoms with Crippen LogP contribution < -0.4 is 16.0 Å². The smallest absolute Gasteiger partial charge is 0.408 e. The Kier molecular flexibility index (Phi) is 13.3. The number of carbonyl (C=O) groups excluding carboxylic acids is 5. The SMILES string of the molecule is CC[C@H](C)[C@H](NC(=O)OC(C)(C)C)C(=O)N[C@H](C(=O)N[C@@H](Cc1ccccc1)C(=O)N1CCC[C@@H]1c1nc(C(=O)OC)cs1)[C@H](C)O. The molecule has 1 aromatic heterocycles. The second-order valence-electron chi connectivity index (χ2n) is 12.7. The van der Waals surface area contributed by atoms with Crippen molar-refractivity contribution in [3.05, 3.63) is 52.0 Å². The molecule has 0 bridgehead atoms. The van der Waals surface area contributed by atoms with Crippen LogP contribution in [-0.2, 0) is 30.3 Å². The van der Waals surface area contributed by atoms with Crippen LogP contribution in [0.1, 0.15) is 87.9 Å². The lowest BCUT2D eigenvalue weighted by Crippen LogP contribution is -2.61. The molecule has 1 aliphatic heterocycles. The van der Waals surface area contributed by atoms with Gasteiger partial charge in [0.25, 0.3) is 0 Å². The molecule has 0 aliphatic carbocycles. The number of alkyl carbamates (subject to hydrolysis) is 1. The van der Waals surface area contributed by atoms with Gasteiger partial charge >= 0.3 is 12.1 Å². The quantitative estimate of drug-likeness (QED) is 0.233. The Bertz CT molecular complexity index is 1390. The molecule has 14 heteroatoms. The van der Waals surface area contributed by atoms with Crippen LogP contribution in [0.25, 0.3) is 0 Å². The van der Waals surface area contributed by atoms with Gasteiger partial charge in [-0.3, -0.25) is 14.4 Å². The molecule has 6 atom stereocenters. The Morgan fingerprint density at radius 1 is 1.04 bits per heavy atom. The number of aliphatic hydroxyl groups excluding tert-OH is 1. The van der Waals surface area contributed by atoms with Crippen molar-refractivity contribution >= 4 is 41.1 Å². The van der Waals surface area contributed by atoms with E-state index in [0.717, 1.165) is 5.56 Å². The highest BCUT2D eigenvalue weighted by molar-refractivity contribution is 7.09. The highest BCUT2D eigenvalue weighted by atomic mass is 32.1. The maximum absolute atomic E-state index is 14.1. The second-order valence-corrected chi connectivity index (χ2v) is 13.6. The molecule has 47 heavy (non-hydrogen) atoms. The van der Waals surface area contributed by atoms with Crippen LogP contribution in [0, 0.1) is 5.92 Å². The van der Waals surface area contributed by atoms with Gasteiger partial charge in [0.1, 0.15) is 28.7 Å². The number of carbonyl (C=O) groups is 5. The fourth-order valence-electron chi connectivity index (χ4n) is 5.22. The largest absolute Gasteiger partial charge is 0.464 e. The minimum absolute atomic E-state index is 0.149. The van der Waals surface area contributed by atoms with Crippen molar-refractivity contribution in [1.29, 1.82) is 0 Å². The van der Waals surface area contributed by atoms with Crippen molar-refractivity contribution in [3.63, 3.8) is 0 Å². The zero-order chi connectivity index (χ0) is 34.9. The number of rotatable bonds is 13. The molecule has 1 saturated heterocycles. The lowest BCUT2D eigenvalue weighted by Gasteiger charge is -2.31. The van der Waals surface area contributed by atoms with Crippen molar-refractivity contribution < 1.29 is 38.6 Å². The average molecular weight is 674 g/mol. The van der Waals surface area contributed by atoms with Crippen molar-refractivity contribution in [1.82, 2.24) is 25.8 Å².